The average molecular weight is 223 g/mol. The van der Waals surface area contributed by atoms with E-state index >= 15 is 0 Å². The highest BCUT2D eigenvalue weighted by Gasteiger charge is 2.19. The van der Waals surface area contributed by atoms with Gasteiger partial charge in [-0.15, -0.1) is 0 Å². The summed E-state index contributed by atoms with van der Waals surface area (Å²) in [7, 11) is 1.84. The first kappa shape index (κ1) is 13.0. The minimum Gasteiger partial charge on any atom is -0.494 e. The number of likely N-dealkylation sites (N-methyl/N-ethyl adjacent to an activating group) is 1. The monoisotopic (exact) mass is 223 g/mol. The number of hydrogen-bond donors (Lipinski definition) is 2. The molecule has 1 aromatic rings. The van der Waals surface area contributed by atoms with E-state index in [1.54, 1.807) is 0 Å². The van der Waals surface area contributed by atoms with E-state index in [1.165, 1.54) is 0 Å². The fourth-order valence-electron chi connectivity index (χ4n) is 1.79. The molecule has 0 saturated carbocycles. The Bertz CT molecular complexity index is 323. The molecule has 0 aliphatic rings. The zero-order valence-electron chi connectivity index (χ0n) is 10.3. The normalized spacial score (nSPS) is 14.5. The summed E-state index contributed by atoms with van der Waals surface area (Å²) in [6.45, 7) is 5.03. The number of nitrogens with one attached hydrogen (secondary N) is 1. The second-order valence-corrected chi connectivity index (χ2v) is 4.28. The maximum Gasteiger partial charge on any atom is 0.119 e. The summed E-state index contributed by atoms with van der Waals surface area (Å²) < 4.78 is 5.42. The van der Waals surface area contributed by atoms with Crippen LogP contribution in [0.5, 0.6) is 5.75 Å². The third-order valence-corrected chi connectivity index (χ3v) is 2.35. The van der Waals surface area contributed by atoms with Crippen molar-refractivity contribution in [1.29, 1.82) is 0 Å². The smallest absolute Gasteiger partial charge is 0.119 e. The molecular weight excluding hydrogens is 202 g/mol. The molecule has 0 radical (unpaired) electrons. The average Bonchev–Trinajstić information content (AvgIpc) is 2.17. The summed E-state index contributed by atoms with van der Waals surface area (Å²) in [6, 6.07) is 7.87. The molecule has 0 aliphatic carbocycles. The van der Waals surface area contributed by atoms with Crippen LogP contribution < -0.4 is 10.1 Å². The SMILES string of the molecule is CCOc1cccc(CC(C)(O)CNC)c1. The van der Waals surface area contributed by atoms with Crippen molar-refractivity contribution in [2.24, 2.45) is 0 Å². The standard InChI is InChI=1S/C13H21NO2/c1-4-16-12-7-5-6-11(8-12)9-13(2,15)10-14-3/h5-8,14-15H,4,9-10H2,1-3H3. The third-order valence-electron chi connectivity index (χ3n) is 2.35. The lowest BCUT2D eigenvalue weighted by Gasteiger charge is -2.23. The van der Waals surface area contributed by atoms with Gasteiger partial charge in [0.1, 0.15) is 5.75 Å². The largest absolute Gasteiger partial charge is 0.494 e. The van der Waals surface area contributed by atoms with Gasteiger partial charge in [0.25, 0.3) is 0 Å². The van der Waals surface area contributed by atoms with E-state index in [2.05, 4.69) is 5.32 Å². The Morgan fingerprint density at radius 2 is 2.19 bits per heavy atom. The van der Waals surface area contributed by atoms with Gasteiger partial charge in [-0.1, -0.05) is 12.1 Å². The molecule has 0 bridgehead atoms. The minimum absolute atomic E-state index is 0.575. The lowest BCUT2D eigenvalue weighted by Crippen LogP contribution is -2.38. The predicted molar refractivity (Wildman–Crippen MR) is 65.9 cm³/mol. The van der Waals surface area contributed by atoms with Crippen molar-refractivity contribution in [1.82, 2.24) is 5.32 Å². The van der Waals surface area contributed by atoms with Gasteiger partial charge in [-0.2, -0.15) is 0 Å². The quantitative estimate of drug-likeness (QED) is 0.769. The van der Waals surface area contributed by atoms with E-state index in [9.17, 15) is 5.11 Å². The fourth-order valence-corrected chi connectivity index (χ4v) is 1.79. The van der Waals surface area contributed by atoms with E-state index in [1.807, 2.05) is 45.2 Å². The van der Waals surface area contributed by atoms with Crippen molar-refractivity contribution in [2.75, 3.05) is 20.2 Å². The molecule has 90 valence electrons. The Morgan fingerprint density at radius 1 is 1.44 bits per heavy atom. The topological polar surface area (TPSA) is 41.5 Å². The highest BCUT2D eigenvalue weighted by Crippen LogP contribution is 2.18. The molecule has 0 heterocycles. The van der Waals surface area contributed by atoms with Crippen LogP contribution in [0.2, 0.25) is 0 Å². The second kappa shape index (κ2) is 5.87. The number of benzene rings is 1. The first-order valence-corrected chi connectivity index (χ1v) is 5.66. The van der Waals surface area contributed by atoms with Crippen LogP contribution in [0.15, 0.2) is 24.3 Å². The highest BCUT2D eigenvalue weighted by molar-refractivity contribution is 5.29. The Hall–Kier alpha value is -1.06. The van der Waals surface area contributed by atoms with Crippen LogP contribution in [0, 0.1) is 0 Å². The summed E-state index contributed by atoms with van der Waals surface area (Å²) in [4.78, 5) is 0. The number of aliphatic hydroxyl groups is 1. The van der Waals surface area contributed by atoms with Crippen LogP contribution in [0.25, 0.3) is 0 Å². The van der Waals surface area contributed by atoms with Crippen LogP contribution in [-0.4, -0.2) is 30.9 Å². The zero-order valence-corrected chi connectivity index (χ0v) is 10.3. The number of rotatable bonds is 6. The van der Waals surface area contributed by atoms with E-state index in [0.717, 1.165) is 11.3 Å². The van der Waals surface area contributed by atoms with Crippen molar-refractivity contribution in [3.8, 4) is 5.75 Å². The van der Waals surface area contributed by atoms with Crippen LogP contribution >= 0.6 is 0 Å². The summed E-state index contributed by atoms with van der Waals surface area (Å²) >= 11 is 0. The summed E-state index contributed by atoms with van der Waals surface area (Å²) in [6.07, 6.45) is 0.620. The Kier molecular flexibility index (Phi) is 4.77. The molecule has 2 N–H and O–H groups in total. The maximum atomic E-state index is 10.1. The molecule has 3 nitrogen and oxygen atoms in total. The van der Waals surface area contributed by atoms with Gasteiger partial charge >= 0.3 is 0 Å². The van der Waals surface area contributed by atoms with Gasteiger partial charge in [0.15, 0.2) is 0 Å². The van der Waals surface area contributed by atoms with Crippen LogP contribution in [0.3, 0.4) is 0 Å². The molecule has 0 amide bonds. The maximum absolute atomic E-state index is 10.1. The molecule has 16 heavy (non-hydrogen) atoms. The lowest BCUT2D eigenvalue weighted by molar-refractivity contribution is 0.0622. The van der Waals surface area contributed by atoms with E-state index in [4.69, 9.17) is 4.74 Å². The molecular formula is C13H21NO2. The molecule has 0 spiro atoms. The minimum atomic E-state index is -0.723. The van der Waals surface area contributed by atoms with Gasteiger partial charge in [-0.05, 0) is 38.6 Å². The summed E-state index contributed by atoms with van der Waals surface area (Å²) in [5, 5.41) is 13.1. The molecule has 0 fully saturated rings. The summed E-state index contributed by atoms with van der Waals surface area (Å²) in [5.41, 5.74) is 0.366. The van der Waals surface area contributed by atoms with Crippen molar-refractivity contribution in [2.45, 2.75) is 25.9 Å². The molecule has 1 rings (SSSR count). The van der Waals surface area contributed by atoms with Crippen LogP contribution in [0.1, 0.15) is 19.4 Å². The van der Waals surface area contributed by atoms with Gasteiger partial charge in [0, 0.05) is 13.0 Å². The van der Waals surface area contributed by atoms with Gasteiger partial charge in [0.2, 0.25) is 0 Å². The molecule has 1 aromatic carbocycles. The summed E-state index contributed by atoms with van der Waals surface area (Å²) in [5.74, 6) is 0.861. The van der Waals surface area contributed by atoms with Crippen molar-refractivity contribution >= 4 is 0 Å². The van der Waals surface area contributed by atoms with E-state index in [0.29, 0.717) is 19.6 Å². The molecule has 1 atom stereocenters. The van der Waals surface area contributed by atoms with Gasteiger partial charge in [0.05, 0.1) is 12.2 Å². The van der Waals surface area contributed by atoms with Crippen molar-refractivity contribution in [3.63, 3.8) is 0 Å². The molecule has 0 aromatic heterocycles. The van der Waals surface area contributed by atoms with E-state index in [-0.39, 0.29) is 0 Å². The molecule has 1 unspecified atom stereocenters. The molecule has 0 saturated heterocycles. The number of hydrogen-bond acceptors (Lipinski definition) is 3. The number of ether oxygens (including phenoxy) is 1. The molecule has 3 heteroatoms. The Balaban J connectivity index is 2.69. The first-order valence-electron chi connectivity index (χ1n) is 5.66. The van der Waals surface area contributed by atoms with Gasteiger partial charge in [-0.3, -0.25) is 0 Å². The Morgan fingerprint density at radius 3 is 2.81 bits per heavy atom. The van der Waals surface area contributed by atoms with Gasteiger partial charge < -0.3 is 15.2 Å². The zero-order chi connectivity index (χ0) is 12.0. The van der Waals surface area contributed by atoms with E-state index < -0.39 is 5.60 Å². The van der Waals surface area contributed by atoms with Crippen LogP contribution in [0.4, 0.5) is 0 Å². The Labute approximate surface area is 97.4 Å². The highest BCUT2D eigenvalue weighted by atomic mass is 16.5. The second-order valence-electron chi connectivity index (χ2n) is 4.28. The van der Waals surface area contributed by atoms with Crippen molar-refractivity contribution in [3.05, 3.63) is 29.8 Å². The molecule has 0 aliphatic heterocycles. The third kappa shape index (κ3) is 4.21. The first-order chi connectivity index (χ1) is 7.57. The van der Waals surface area contributed by atoms with Gasteiger partial charge in [-0.25, -0.2) is 0 Å². The fraction of sp³-hybridized carbons (Fsp3) is 0.538. The lowest BCUT2D eigenvalue weighted by atomic mass is 9.96. The van der Waals surface area contributed by atoms with Crippen molar-refractivity contribution < 1.29 is 9.84 Å². The van der Waals surface area contributed by atoms with Crippen LogP contribution in [-0.2, 0) is 6.42 Å². The predicted octanol–water partition coefficient (Wildman–Crippen LogP) is 1.60.